The summed E-state index contributed by atoms with van der Waals surface area (Å²) >= 11 is 1.19. The van der Waals surface area contributed by atoms with Gasteiger partial charge in [0.2, 0.25) is 0 Å². The summed E-state index contributed by atoms with van der Waals surface area (Å²) in [6, 6.07) is 0. The third-order valence-electron chi connectivity index (χ3n) is 1.67. The van der Waals surface area contributed by atoms with Crippen molar-refractivity contribution in [3.8, 4) is 0 Å². The Kier molecular flexibility index (Phi) is 4.49. The van der Waals surface area contributed by atoms with Gasteiger partial charge in [-0.25, -0.2) is 9.46 Å². The van der Waals surface area contributed by atoms with Crippen molar-refractivity contribution in [3.05, 3.63) is 0 Å². The van der Waals surface area contributed by atoms with E-state index in [1.165, 1.54) is 16.1 Å². The number of ether oxygens (including phenoxy) is 1. The van der Waals surface area contributed by atoms with Crippen LogP contribution in [0.3, 0.4) is 0 Å². The maximum Gasteiger partial charge on any atom is 0.417 e. The number of hydrogen-bond donors (Lipinski definition) is 0. The highest BCUT2D eigenvalue weighted by Crippen LogP contribution is 2.64. The number of hydrogen-bond acceptors (Lipinski definition) is 5. The highest BCUT2D eigenvalue weighted by molar-refractivity contribution is 8.56. The molecule has 1 rings (SSSR count). The maximum absolute atomic E-state index is 12.4. The first kappa shape index (κ1) is 12.9. The summed E-state index contributed by atoms with van der Waals surface area (Å²) in [5.41, 5.74) is 0. The SMILES string of the molecule is CCOP(=O)(SC(C)C)N1CCOC1=O. The molecule has 0 aromatic rings. The number of rotatable bonds is 5. The van der Waals surface area contributed by atoms with Gasteiger partial charge in [0.05, 0.1) is 13.2 Å². The second-order valence-electron chi connectivity index (χ2n) is 3.28. The van der Waals surface area contributed by atoms with Crippen molar-refractivity contribution < 1.29 is 18.6 Å². The van der Waals surface area contributed by atoms with E-state index in [0.717, 1.165) is 0 Å². The smallest absolute Gasteiger partial charge is 0.417 e. The van der Waals surface area contributed by atoms with Crippen molar-refractivity contribution in [2.75, 3.05) is 19.8 Å². The standard InChI is InChI=1S/C8H16NO4PS/c1-4-13-14(11,15-7(2)3)9-5-6-12-8(9)10/h7H,4-6H2,1-3H3. The minimum atomic E-state index is -3.10. The number of carbonyl (C=O) groups is 1. The number of carbonyl (C=O) groups excluding carboxylic acids is 1. The lowest BCUT2D eigenvalue weighted by Crippen LogP contribution is -2.21. The molecule has 1 saturated heterocycles. The summed E-state index contributed by atoms with van der Waals surface area (Å²) in [7, 11) is 0. The van der Waals surface area contributed by atoms with Crippen molar-refractivity contribution in [2.24, 2.45) is 0 Å². The first-order valence-corrected chi connectivity index (χ1v) is 7.93. The quantitative estimate of drug-likeness (QED) is 0.705. The fraction of sp³-hybridized carbons (Fsp3) is 0.875. The summed E-state index contributed by atoms with van der Waals surface area (Å²) in [5, 5.41) is 0.135. The number of nitrogens with zero attached hydrogens (tertiary/aromatic N) is 1. The Bertz CT molecular complexity index is 284. The molecular formula is C8H16NO4PS. The second kappa shape index (κ2) is 5.23. The van der Waals surface area contributed by atoms with Crippen molar-refractivity contribution >= 4 is 24.2 Å². The van der Waals surface area contributed by atoms with Gasteiger partial charge in [0, 0.05) is 5.25 Å². The van der Waals surface area contributed by atoms with Crippen molar-refractivity contribution in [2.45, 2.75) is 26.0 Å². The van der Waals surface area contributed by atoms with Crippen molar-refractivity contribution in [1.82, 2.24) is 4.67 Å². The topological polar surface area (TPSA) is 55.8 Å². The molecule has 5 nitrogen and oxygen atoms in total. The summed E-state index contributed by atoms with van der Waals surface area (Å²) < 4.78 is 23.6. The third-order valence-corrected chi connectivity index (χ3v) is 6.87. The molecule has 1 fully saturated rings. The highest BCUT2D eigenvalue weighted by atomic mass is 32.7. The van der Waals surface area contributed by atoms with Crippen LogP contribution in [0.25, 0.3) is 0 Å². The van der Waals surface area contributed by atoms with Crippen LogP contribution in [0.5, 0.6) is 0 Å². The van der Waals surface area contributed by atoms with E-state index in [2.05, 4.69) is 0 Å². The predicted molar refractivity (Wildman–Crippen MR) is 60.0 cm³/mol. The lowest BCUT2D eigenvalue weighted by molar-refractivity contribution is 0.167. The Labute approximate surface area is 93.7 Å². The summed E-state index contributed by atoms with van der Waals surface area (Å²) in [5.74, 6) is 0. The highest BCUT2D eigenvalue weighted by Gasteiger charge is 2.41. The van der Waals surface area contributed by atoms with E-state index in [4.69, 9.17) is 9.26 Å². The van der Waals surface area contributed by atoms with Gasteiger partial charge in [-0.1, -0.05) is 13.8 Å². The van der Waals surface area contributed by atoms with Gasteiger partial charge in [0.15, 0.2) is 0 Å². The average molecular weight is 253 g/mol. The fourth-order valence-electron chi connectivity index (χ4n) is 1.19. The third kappa shape index (κ3) is 3.13. The molecule has 0 aromatic heterocycles. The van der Waals surface area contributed by atoms with Gasteiger partial charge in [-0.3, -0.25) is 4.57 Å². The number of cyclic esters (lactones) is 1. The van der Waals surface area contributed by atoms with Crippen LogP contribution < -0.4 is 0 Å². The molecule has 1 unspecified atom stereocenters. The van der Waals surface area contributed by atoms with Gasteiger partial charge in [-0.05, 0) is 18.3 Å². The van der Waals surface area contributed by atoms with E-state index in [-0.39, 0.29) is 11.9 Å². The van der Waals surface area contributed by atoms with E-state index in [1.54, 1.807) is 6.92 Å². The molecule has 1 aliphatic rings. The molecular weight excluding hydrogens is 237 g/mol. The molecule has 7 heteroatoms. The Morgan fingerprint density at radius 3 is 2.73 bits per heavy atom. The number of amides is 1. The summed E-state index contributed by atoms with van der Waals surface area (Å²) in [6.07, 6.45) is -0.542. The second-order valence-corrected chi connectivity index (χ2v) is 8.13. The largest absolute Gasteiger partial charge is 0.447 e. The first-order chi connectivity index (χ1) is 6.99. The van der Waals surface area contributed by atoms with Gasteiger partial charge in [-0.2, -0.15) is 0 Å². The van der Waals surface area contributed by atoms with Crippen LogP contribution in [0, 0.1) is 0 Å². The molecule has 1 aliphatic heterocycles. The molecule has 0 aliphatic carbocycles. The molecule has 0 radical (unpaired) electrons. The minimum absolute atomic E-state index is 0.135. The zero-order chi connectivity index (χ0) is 11.5. The van der Waals surface area contributed by atoms with Crippen molar-refractivity contribution in [3.63, 3.8) is 0 Å². The van der Waals surface area contributed by atoms with Crippen LogP contribution >= 0.6 is 18.1 Å². The van der Waals surface area contributed by atoms with Gasteiger partial charge < -0.3 is 9.26 Å². The first-order valence-electron chi connectivity index (χ1n) is 4.87. The van der Waals surface area contributed by atoms with Crippen LogP contribution in [-0.2, 0) is 13.8 Å². The molecule has 0 bridgehead atoms. The Balaban J connectivity index is 2.79. The molecule has 0 spiro atoms. The van der Waals surface area contributed by atoms with Crippen LogP contribution in [0.4, 0.5) is 4.79 Å². The molecule has 15 heavy (non-hydrogen) atoms. The monoisotopic (exact) mass is 253 g/mol. The van der Waals surface area contributed by atoms with Crippen LogP contribution in [0.1, 0.15) is 20.8 Å². The van der Waals surface area contributed by atoms with E-state index in [0.29, 0.717) is 13.2 Å². The van der Waals surface area contributed by atoms with Crippen LogP contribution in [0.15, 0.2) is 0 Å². The molecule has 0 N–H and O–H groups in total. The van der Waals surface area contributed by atoms with E-state index >= 15 is 0 Å². The van der Waals surface area contributed by atoms with Gasteiger partial charge in [-0.15, -0.1) is 0 Å². The van der Waals surface area contributed by atoms with Gasteiger partial charge in [0.25, 0.3) is 0 Å². The lowest BCUT2D eigenvalue weighted by Gasteiger charge is -2.25. The minimum Gasteiger partial charge on any atom is -0.447 e. The van der Waals surface area contributed by atoms with E-state index in [9.17, 15) is 9.36 Å². The lowest BCUT2D eigenvalue weighted by atomic mass is 10.6. The Morgan fingerprint density at radius 2 is 2.33 bits per heavy atom. The molecule has 0 saturated carbocycles. The summed E-state index contributed by atoms with van der Waals surface area (Å²) in [4.78, 5) is 11.3. The zero-order valence-corrected chi connectivity index (χ0v) is 10.8. The molecule has 1 heterocycles. The summed E-state index contributed by atoms with van der Waals surface area (Å²) in [6.45, 7) is 3.43. The maximum atomic E-state index is 12.4. The van der Waals surface area contributed by atoms with Gasteiger partial charge >= 0.3 is 12.8 Å². The van der Waals surface area contributed by atoms with Crippen molar-refractivity contribution in [1.29, 1.82) is 0 Å². The molecule has 1 atom stereocenters. The Hall–Kier alpha value is -0.190. The Morgan fingerprint density at radius 1 is 1.67 bits per heavy atom. The fourth-order valence-corrected chi connectivity index (χ4v) is 5.84. The molecule has 88 valence electrons. The van der Waals surface area contributed by atoms with E-state index in [1.807, 2.05) is 13.8 Å². The molecule has 0 aromatic carbocycles. The zero-order valence-electron chi connectivity index (χ0n) is 9.13. The van der Waals surface area contributed by atoms with Gasteiger partial charge in [0.1, 0.15) is 6.61 Å². The van der Waals surface area contributed by atoms with Crippen LogP contribution in [-0.4, -0.2) is 35.8 Å². The normalized spacial score (nSPS) is 20.5. The molecule has 1 amide bonds. The van der Waals surface area contributed by atoms with E-state index < -0.39 is 12.8 Å². The van der Waals surface area contributed by atoms with Crippen LogP contribution in [0.2, 0.25) is 0 Å². The predicted octanol–water partition coefficient (Wildman–Crippen LogP) is 2.72. The average Bonchev–Trinajstić information content (AvgIpc) is 2.50.